The Kier molecular flexibility index (Phi) is 5.38. The van der Waals surface area contributed by atoms with E-state index in [9.17, 15) is 0 Å². The van der Waals surface area contributed by atoms with E-state index in [2.05, 4.69) is 91.0 Å². The first kappa shape index (κ1) is 14.8. The summed E-state index contributed by atoms with van der Waals surface area (Å²) in [7, 11) is -0.877. The van der Waals surface area contributed by atoms with E-state index < -0.39 is 8.80 Å². The summed E-state index contributed by atoms with van der Waals surface area (Å²) in [6, 6.07) is 32.5. The summed E-state index contributed by atoms with van der Waals surface area (Å²) >= 11 is 0. The fraction of sp³-hybridized carbons (Fsp3) is 0. The number of rotatable bonds is 3. The second-order valence-corrected chi connectivity index (χ2v) is 6.96. The molecule has 3 aromatic rings. The van der Waals surface area contributed by atoms with Gasteiger partial charge < -0.3 is 0 Å². The molecular formula is C18H18AlSi. The second kappa shape index (κ2) is 7.26. The van der Waals surface area contributed by atoms with Gasteiger partial charge in [0.05, 0.1) is 0 Å². The molecule has 20 heavy (non-hydrogen) atoms. The van der Waals surface area contributed by atoms with Crippen LogP contribution in [0.1, 0.15) is 0 Å². The van der Waals surface area contributed by atoms with Gasteiger partial charge in [-0.1, -0.05) is 107 Å². The van der Waals surface area contributed by atoms with Gasteiger partial charge in [0.2, 0.25) is 0 Å². The Bertz CT molecular complexity index is 529. The normalized spacial score (nSPS) is 10.1. The van der Waals surface area contributed by atoms with E-state index in [1.165, 1.54) is 15.6 Å². The van der Waals surface area contributed by atoms with Gasteiger partial charge in [-0.15, -0.1) is 0 Å². The average molecular weight is 289 g/mol. The highest BCUT2D eigenvalue weighted by atomic mass is 28.3. The van der Waals surface area contributed by atoms with E-state index in [0.717, 1.165) is 0 Å². The van der Waals surface area contributed by atoms with Gasteiger partial charge in [0.25, 0.3) is 0 Å². The Labute approximate surface area is 132 Å². The largest absolute Gasteiger partial charge is 0.187 e. The molecule has 0 atom stereocenters. The molecule has 0 aliphatic carbocycles. The van der Waals surface area contributed by atoms with Crippen LogP contribution in [0.4, 0.5) is 0 Å². The molecule has 1 radical (unpaired) electrons. The van der Waals surface area contributed by atoms with Crippen molar-refractivity contribution in [3.63, 3.8) is 0 Å². The summed E-state index contributed by atoms with van der Waals surface area (Å²) in [6.45, 7) is 0. The monoisotopic (exact) mass is 289 g/mol. The Morgan fingerprint density at radius 3 is 0.900 bits per heavy atom. The predicted octanol–water partition coefficient (Wildman–Crippen LogP) is 1.02. The SMILES string of the molecule is [AlH3].c1ccc([Si](c2ccccc2)c2ccccc2)cc1. The minimum Gasteiger partial charge on any atom is -0.0624 e. The van der Waals surface area contributed by atoms with E-state index in [-0.39, 0.29) is 17.4 Å². The zero-order valence-electron chi connectivity index (χ0n) is 10.7. The number of hydrogen-bond donors (Lipinski definition) is 0. The third-order valence-electron chi connectivity index (χ3n) is 3.19. The summed E-state index contributed by atoms with van der Waals surface area (Å²) in [5.41, 5.74) is 0. The molecule has 0 bridgehead atoms. The zero-order valence-corrected chi connectivity index (χ0v) is 11.7. The lowest BCUT2D eigenvalue weighted by atomic mass is 10.3. The molecule has 0 amide bonds. The van der Waals surface area contributed by atoms with Crippen LogP contribution in [0.25, 0.3) is 0 Å². The molecule has 0 saturated carbocycles. The minimum absolute atomic E-state index is 0. The molecule has 0 aliphatic heterocycles. The minimum atomic E-state index is -0.877. The molecule has 0 unspecified atom stereocenters. The maximum Gasteiger partial charge on any atom is 0.187 e. The van der Waals surface area contributed by atoms with Crippen molar-refractivity contribution < 1.29 is 0 Å². The van der Waals surface area contributed by atoms with Crippen LogP contribution in [0.2, 0.25) is 0 Å². The first-order chi connectivity index (χ1) is 9.45. The smallest absolute Gasteiger partial charge is 0.0624 e. The topological polar surface area (TPSA) is 0 Å². The summed E-state index contributed by atoms with van der Waals surface area (Å²) in [6.07, 6.45) is 0. The van der Waals surface area contributed by atoms with Gasteiger partial charge in [-0.25, -0.2) is 0 Å². The highest BCUT2D eigenvalue weighted by Crippen LogP contribution is 1.95. The number of hydrogen-bond acceptors (Lipinski definition) is 0. The second-order valence-electron chi connectivity index (χ2n) is 4.47. The zero-order chi connectivity index (χ0) is 12.9. The highest BCUT2D eigenvalue weighted by Gasteiger charge is 2.18. The van der Waals surface area contributed by atoms with Crippen molar-refractivity contribution >= 4 is 41.7 Å². The third kappa shape index (κ3) is 3.29. The van der Waals surface area contributed by atoms with Gasteiger partial charge in [-0.05, 0) is 0 Å². The fourth-order valence-corrected chi connectivity index (χ4v) is 4.89. The van der Waals surface area contributed by atoms with Crippen LogP contribution in [-0.2, 0) is 0 Å². The molecular weight excluding hydrogens is 271 g/mol. The molecule has 0 N–H and O–H groups in total. The summed E-state index contributed by atoms with van der Waals surface area (Å²) in [5, 5.41) is 4.31. The van der Waals surface area contributed by atoms with Gasteiger partial charge in [0, 0.05) is 0 Å². The Morgan fingerprint density at radius 2 is 0.650 bits per heavy atom. The maximum absolute atomic E-state index is 2.24. The molecule has 3 rings (SSSR count). The van der Waals surface area contributed by atoms with Gasteiger partial charge in [0.1, 0.15) is 0 Å². The van der Waals surface area contributed by atoms with Crippen LogP contribution < -0.4 is 15.6 Å². The van der Waals surface area contributed by atoms with Crippen LogP contribution in [0.15, 0.2) is 91.0 Å². The summed E-state index contributed by atoms with van der Waals surface area (Å²) in [5.74, 6) is 0. The maximum atomic E-state index is 2.24. The van der Waals surface area contributed by atoms with Crippen molar-refractivity contribution in [2.75, 3.05) is 0 Å². The van der Waals surface area contributed by atoms with Crippen molar-refractivity contribution in [3.8, 4) is 0 Å². The van der Waals surface area contributed by atoms with E-state index in [4.69, 9.17) is 0 Å². The van der Waals surface area contributed by atoms with Crippen LogP contribution in [0, 0.1) is 0 Å². The van der Waals surface area contributed by atoms with Gasteiger partial charge >= 0.3 is 0 Å². The van der Waals surface area contributed by atoms with Crippen molar-refractivity contribution in [2.24, 2.45) is 0 Å². The summed E-state index contributed by atoms with van der Waals surface area (Å²) in [4.78, 5) is 0. The van der Waals surface area contributed by atoms with Crippen molar-refractivity contribution in [3.05, 3.63) is 91.0 Å². The van der Waals surface area contributed by atoms with E-state index in [0.29, 0.717) is 0 Å². The molecule has 0 fully saturated rings. The third-order valence-corrected chi connectivity index (χ3v) is 5.92. The molecule has 0 heterocycles. The molecule has 0 nitrogen and oxygen atoms in total. The van der Waals surface area contributed by atoms with E-state index >= 15 is 0 Å². The van der Waals surface area contributed by atoms with Crippen LogP contribution in [0.3, 0.4) is 0 Å². The van der Waals surface area contributed by atoms with Crippen LogP contribution >= 0.6 is 0 Å². The van der Waals surface area contributed by atoms with Crippen molar-refractivity contribution in [2.45, 2.75) is 0 Å². The Balaban J connectivity index is 0.00000147. The Morgan fingerprint density at radius 1 is 0.400 bits per heavy atom. The number of benzene rings is 3. The molecule has 0 saturated heterocycles. The van der Waals surface area contributed by atoms with Gasteiger partial charge in [-0.2, -0.15) is 0 Å². The van der Waals surface area contributed by atoms with E-state index in [1.807, 2.05) is 0 Å². The lowest BCUT2D eigenvalue weighted by Crippen LogP contribution is -2.51. The lowest BCUT2D eigenvalue weighted by molar-refractivity contribution is 1.71. The molecule has 3 aromatic carbocycles. The first-order valence-electron chi connectivity index (χ1n) is 6.48. The first-order valence-corrected chi connectivity index (χ1v) is 7.98. The lowest BCUT2D eigenvalue weighted by Gasteiger charge is -2.16. The molecule has 2 heteroatoms. The average Bonchev–Trinajstić information content (AvgIpc) is 2.51. The van der Waals surface area contributed by atoms with Gasteiger partial charge in [0.15, 0.2) is 26.2 Å². The van der Waals surface area contributed by atoms with Crippen LogP contribution in [-0.4, -0.2) is 26.2 Å². The predicted molar refractivity (Wildman–Crippen MR) is 93.9 cm³/mol. The molecule has 0 spiro atoms. The van der Waals surface area contributed by atoms with Crippen molar-refractivity contribution in [1.82, 2.24) is 0 Å². The summed E-state index contributed by atoms with van der Waals surface area (Å²) < 4.78 is 0. The van der Waals surface area contributed by atoms with Crippen LogP contribution in [0.5, 0.6) is 0 Å². The molecule has 0 aliphatic rings. The Hall–Kier alpha value is -1.59. The van der Waals surface area contributed by atoms with Gasteiger partial charge in [-0.3, -0.25) is 0 Å². The standard InChI is InChI=1S/C18H15Si.Al.3H/c1-4-10-16(11-5-1)19(17-12-6-2-7-13-17)18-14-8-3-9-15-18;;;;/h1-15H;;;;. The van der Waals surface area contributed by atoms with E-state index in [1.54, 1.807) is 0 Å². The van der Waals surface area contributed by atoms with Crippen molar-refractivity contribution in [1.29, 1.82) is 0 Å². The fourth-order valence-electron chi connectivity index (χ4n) is 2.31. The highest BCUT2D eigenvalue weighted by molar-refractivity contribution is 6.95. The molecule has 97 valence electrons. The molecule has 0 aromatic heterocycles. The quantitative estimate of drug-likeness (QED) is 0.499.